The van der Waals surface area contributed by atoms with Gasteiger partial charge in [0.25, 0.3) is 0 Å². The van der Waals surface area contributed by atoms with Gasteiger partial charge in [0.2, 0.25) is 0 Å². The standard InChI is InChI=1S/C13H8BrF3O/c14-11-9(4-5-10(16)12(11)17)13(18)7-2-1-3-8(15)6-7/h1-6,13,18H. The number of benzene rings is 2. The van der Waals surface area contributed by atoms with Gasteiger partial charge in [-0.05, 0) is 39.7 Å². The lowest BCUT2D eigenvalue weighted by Crippen LogP contribution is -2.03. The summed E-state index contributed by atoms with van der Waals surface area (Å²) in [5.74, 6) is -2.61. The van der Waals surface area contributed by atoms with Crippen molar-refractivity contribution in [3.05, 3.63) is 69.4 Å². The van der Waals surface area contributed by atoms with Crippen LogP contribution in [0.25, 0.3) is 0 Å². The van der Waals surface area contributed by atoms with E-state index in [1.807, 2.05) is 0 Å². The van der Waals surface area contributed by atoms with Crippen molar-refractivity contribution in [2.24, 2.45) is 0 Å². The Kier molecular flexibility index (Phi) is 3.73. The van der Waals surface area contributed by atoms with E-state index >= 15 is 0 Å². The van der Waals surface area contributed by atoms with Gasteiger partial charge in [0, 0.05) is 5.56 Å². The Balaban J connectivity index is 2.46. The summed E-state index contributed by atoms with van der Waals surface area (Å²) in [5.41, 5.74) is 0.404. The van der Waals surface area contributed by atoms with Crippen LogP contribution in [0.2, 0.25) is 0 Å². The molecule has 0 radical (unpaired) electrons. The summed E-state index contributed by atoms with van der Waals surface area (Å²) in [6, 6.07) is 7.47. The third-order valence-corrected chi connectivity index (χ3v) is 3.33. The third-order valence-electron chi connectivity index (χ3n) is 2.52. The highest BCUT2D eigenvalue weighted by Crippen LogP contribution is 2.31. The van der Waals surface area contributed by atoms with Crippen LogP contribution in [-0.2, 0) is 0 Å². The second-order valence-electron chi connectivity index (χ2n) is 3.72. The second-order valence-corrected chi connectivity index (χ2v) is 4.52. The maximum atomic E-state index is 13.3. The van der Waals surface area contributed by atoms with E-state index in [9.17, 15) is 18.3 Å². The van der Waals surface area contributed by atoms with E-state index in [1.54, 1.807) is 0 Å². The van der Waals surface area contributed by atoms with Crippen molar-refractivity contribution < 1.29 is 18.3 Å². The molecule has 0 aromatic heterocycles. The lowest BCUT2D eigenvalue weighted by molar-refractivity contribution is 0.218. The topological polar surface area (TPSA) is 20.2 Å². The first-order valence-corrected chi connectivity index (χ1v) is 5.87. The first-order valence-electron chi connectivity index (χ1n) is 5.07. The van der Waals surface area contributed by atoms with Crippen molar-refractivity contribution in [1.29, 1.82) is 0 Å². The lowest BCUT2D eigenvalue weighted by Gasteiger charge is -2.14. The predicted molar refractivity (Wildman–Crippen MR) is 64.5 cm³/mol. The average Bonchev–Trinajstić information content (AvgIpc) is 2.35. The molecule has 5 heteroatoms. The maximum absolute atomic E-state index is 13.3. The summed E-state index contributed by atoms with van der Waals surface area (Å²) in [7, 11) is 0. The molecule has 2 rings (SSSR count). The van der Waals surface area contributed by atoms with Crippen LogP contribution in [0.15, 0.2) is 40.9 Å². The molecule has 0 heterocycles. The molecule has 1 atom stereocenters. The summed E-state index contributed by atoms with van der Waals surface area (Å²) in [4.78, 5) is 0. The molecular formula is C13H8BrF3O. The molecule has 1 nitrogen and oxygen atoms in total. The molecule has 0 fully saturated rings. The van der Waals surface area contributed by atoms with Gasteiger partial charge in [0.1, 0.15) is 11.9 Å². The number of hydrogen-bond donors (Lipinski definition) is 1. The molecular weight excluding hydrogens is 309 g/mol. The van der Waals surface area contributed by atoms with Gasteiger partial charge < -0.3 is 5.11 Å². The van der Waals surface area contributed by atoms with Gasteiger partial charge >= 0.3 is 0 Å². The fourth-order valence-corrected chi connectivity index (χ4v) is 2.15. The fourth-order valence-electron chi connectivity index (χ4n) is 1.61. The third kappa shape index (κ3) is 2.42. The van der Waals surface area contributed by atoms with Gasteiger partial charge in [-0.1, -0.05) is 18.2 Å². The Bertz CT molecular complexity index is 586. The fraction of sp³-hybridized carbons (Fsp3) is 0.0769. The smallest absolute Gasteiger partial charge is 0.173 e. The highest BCUT2D eigenvalue weighted by atomic mass is 79.9. The van der Waals surface area contributed by atoms with E-state index in [0.29, 0.717) is 0 Å². The molecule has 0 aliphatic carbocycles. The molecule has 2 aromatic carbocycles. The Morgan fingerprint density at radius 3 is 2.44 bits per heavy atom. The average molecular weight is 317 g/mol. The van der Waals surface area contributed by atoms with Crippen molar-refractivity contribution in [2.75, 3.05) is 0 Å². The van der Waals surface area contributed by atoms with E-state index in [2.05, 4.69) is 15.9 Å². The summed E-state index contributed by atoms with van der Waals surface area (Å²) in [6.07, 6.45) is -1.23. The summed E-state index contributed by atoms with van der Waals surface area (Å²) in [5, 5.41) is 10.0. The minimum Gasteiger partial charge on any atom is -0.384 e. The normalized spacial score (nSPS) is 12.5. The molecule has 0 amide bonds. The second kappa shape index (κ2) is 5.12. The van der Waals surface area contributed by atoms with E-state index in [4.69, 9.17) is 0 Å². The van der Waals surface area contributed by atoms with Crippen LogP contribution in [0, 0.1) is 17.5 Å². The Morgan fingerprint density at radius 1 is 1.06 bits per heavy atom. The predicted octanol–water partition coefficient (Wildman–Crippen LogP) is 3.95. The Morgan fingerprint density at radius 2 is 1.78 bits per heavy atom. The van der Waals surface area contributed by atoms with E-state index in [0.717, 1.165) is 12.1 Å². The highest BCUT2D eigenvalue weighted by molar-refractivity contribution is 9.10. The van der Waals surface area contributed by atoms with Crippen molar-refractivity contribution >= 4 is 15.9 Å². The Hall–Kier alpha value is -1.33. The van der Waals surface area contributed by atoms with Crippen molar-refractivity contribution in [3.8, 4) is 0 Å². The number of aliphatic hydroxyl groups is 1. The van der Waals surface area contributed by atoms with Gasteiger partial charge in [0.05, 0.1) is 4.47 Å². The van der Waals surface area contributed by atoms with Gasteiger partial charge in [-0.3, -0.25) is 0 Å². The van der Waals surface area contributed by atoms with Gasteiger partial charge in [-0.25, -0.2) is 13.2 Å². The maximum Gasteiger partial charge on any atom is 0.173 e. The largest absolute Gasteiger partial charge is 0.384 e. The molecule has 0 bridgehead atoms. The van der Waals surface area contributed by atoms with Gasteiger partial charge in [-0.15, -0.1) is 0 Å². The molecule has 1 unspecified atom stereocenters. The van der Waals surface area contributed by atoms with Crippen LogP contribution in [0.5, 0.6) is 0 Å². The summed E-state index contributed by atoms with van der Waals surface area (Å²) < 4.78 is 39.1. The molecule has 0 saturated heterocycles. The summed E-state index contributed by atoms with van der Waals surface area (Å²) >= 11 is 2.88. The minimum atomic E-state index is -1.23. The lowest BCUT2D eigenvalue weighted by atomic mass is 10.0. The van der Waals surface area contributed by atoms with Crippen molar-refractivity contribution in [2.45, 2.75) is 6.10 Å². The molecule has 0 spiro atoms. The zero-order valence-electron chi connectivity index (χ0n) is 9.00. The van der Waals surface area contributed by atoms with Gasteiger partial charge in [-0.2, -0.15) is 0 Å². The monoisotopic (exact) mass is 316 g/mol. The summed E-state index contributed by atoms with van der Waals surface area (Å²) in [6.45, 7) is 0. The molecule has 94 valence electrons. The van der Waals surface area contributed by atoms with Crippen LogP contribution in [0.4, 0.5) is 13.2 Å². The molecule has 0 aliphatic rings. The first kappa shape index (κ1) is 13.1. The first-order chi connectivity index (χ1) is 8.50. The number of aliphatic hydroxyl groups excluding tert-OH is 1. The van der Waals surface area contributed by atoms with E-state index in [1.165, 1.54) is 24.3 Å². The SMILES string of the molecule is OC(c1cccc(F)c1)c1ccc(F)c(F)c1Br. The molecule has 0 aliphatic heterocycles. The van der Waals surface area contributed by atoms with Crippen LogP contribution < -0.4 is 0 Å². The van der Waals surface area contributed by atoms with E-state index in [-0.39, 0.29) is 15.6 Å². The number of hydrogen-bond acceptors (Lipinski definition) is 1. The highest BCUT2D eigenvalue weighted by Gasteiger charge is 2.18. The number of rotatable bonds is 2. The van der Waals surface area contributed by atoms with Crippen LogP contribution >= 0.6 is 15.9 Å². The molecule has 1 N–H and O–H groups in total. The van der Waals surface area contributed by atoms with Crippen LogP contribution in [0.3, 0.4) is 0 Å². The zero-order chi connectivity index (χ0) is 13.3. The van der Waals surface area contributed by atoms with Crippen molar-refractivity contribution in [1.82, 2.24) is 0 Å². The quantitative estimate of drug-likeness (QED) is 0.832. The van der Waals surface area contributed by atoms with Crippen molar-refractivity contribution in [3.63, 3.8) is 0 Å². The molecule has 0 saturated carbocycles. The van der Waals surface area contributed by atoms with Crippen LogP contribution in [-0.4, -0.2) is 5.11 Å². The number of halogens is 4. The molecule has 2 aromatic rings. The zero-order valence-corrected chi connectivity index (χ0v) is 10.6. The molecule has 18 heavy (non-hydrogen) atoms. The van der Waals surface area contributed by atoms with E-state index < -0.39 is 23.6 Å². The minimum absolute atomic E-state index is 0.138. The van der Waals surface area contributed by atoms with Crippen LogP contribution in [0.1, 0.15) is 17.2 Å². The van der Waals surface area contributed by atoms with Gasteiger partial charge in [0.15, 0.2) is 11.6 Å². The Labute approximate surface area is 110 Å².